The van der Waals surface area contributed by atoms with Gasteiger partial charge in [-0.15, -0.1) is 5.10 Å². The summed E-state index contributed by atoms with van der Waals surface area (Å²) in [6, 6.07) is 17.6. The van der Waals surface area contributed by atoms with Crippen molar-refractivity contribution in [3.63, 3.8) is 0 Å². The summed E-state index contributed by atoms with van der Waals surface area (Å²) in [5.41, 5.74) is 9.06. The molecular weight excluding hydrogens is 464 g/mol. The van der Waals surface area contributed by atoms with E-state index in [1.54, 1.807) is 31.4 Å². The highest BCUT2D eigenvalue weighted by molar-refractivity contribution is 5.88. The minimum atomic E-state index is -0.669. The molecule has 10 nitrogen and oxygen atoms in total. The number of benzene rings is 2. The molecule has 1 aliphatic heterocycles. The lowest BCUT2D eigenvalue weighted by Crippen LogP contribution is -2.21. The fourth-order valence-corrected chi connectivity index (χ4v) is 4.05. The normalized spacial score (nSPS) is 14.4. The zero-order valence-electron chi connectivity index (χ0n) is 19.3. The number of furan rings is 1. The van der Waals surface area contributed by atoms with E-state index in [1.807, 2.05) is 24.3 Å². The summed E-state index contributed by atoms with van der Waals surface area (Å²) in [6.07, 6.45) is 1.38. The number of carbonyl (C=O) groups excluding carboxylic acids is 1. The standard InChI is InChI=1S/C26H20N4O6/c1-32-16-8-5-14(6-9-16)23-22-21(17(13-27)24(28)36-25(22)30-29-23)15-7-10-18(20(12-15)33-2)35-26(31)19-4-3-11-34-19/h3-12,21H,28H2,1-2H3,(H,29,30)/t21-/m1/s1. The Morgan fingerprint density at radius 3 is 2.58 bits per heavy atom. The molecule has 5 rings (SSSR count). The Bertz CT molecular complexity index is 1500. The van der Waals surface area contributed by atoms with Crippen LogP contribution < -0.4 is 24.7 Å². The summed E-state index contributed by atoms with van der Waals surface area (Å²) in [5, 5.41) is 17.2. The second-order valence-corrected chi connectivity index (χ2v) is 7.75. The van der Waals surface area contributed by atoms with Gasteiger partial charge >= 0.3 is 5.97 Å². The van der Waals surface area contributed by atoms with Crippen molar-refractivity contribution in [2.45, 2.75) is 5.92 Å². The smallest absolute Gasteiger partial charge is 0.379 e. The molecule has 1 atom stereocenters. The van der Waals surface area contributed by atoms with Crippen molar-refractivity contribution in [2.75, 3.05) is 14.2 Å². The van der Waals surface area contributed by atoms with Crippen molar-refractivity contribution in [3.8, 4) is 40.5 Å². The number of esters is 1. The maximum Gasteiger partial charge on any atom is 0.379 e. The summed E-state index contributed by atoms with van der Waals surface area (Å²) >= 11 is 0. The van der Waals surface area contributed by atoms with Gasteiger partial charge in [0.05, 0.1) is 37.7 Å². The van der Waals surface area contributed by atoms with E-state index in [0.29, 0.717) is 22.6 Å². The van der Waals surface area contributed by atoms with E-state index in [0.717, 1.165) is 5.56 Å². The molecule has 3 N–H and O–H groups in total. The van der Waals surface area contributed by atoms with Crippen LogP contribution >= 0.6 is 0 Å². The summed E-state index contributed by atoms with van der Waals surface area (Å²) in [6.45, 7) is 0. The van der Waals surface area contributed by atoms with Gasteiger partial charge in [-0.2, -0.15) is 5.26 Å². The van der Waals surface area contributed by atoms with Gasteiger partial charge in [0.15, 0.2) is 11.5 Å². The van der Waals surface area contributed by atoms with Gasteiger partial charge in [-0.25, -0.2) is 4.79 Å². The van der Waals surface area contributed by atoms with E-state index in [4.69, 9.17) is 29.1 Å². The van der Waals surface area contributed by atoms with E-state index < -0.39 is 11.9 Å². The van der Waals surface area contributed by atoms with Crippen LogP contribution in [0.3, 0.4) is 0 Å². The number of rotatable bonds is 6. The van der Waals surface area contributed by atoms with E-state index in [1.165, 1.54) is 19.4 Å². The average Bonchev–Trinajstić information content (AvgIpc) is 3.59. The number of nitriles is 1. The minimum Gasteiger partial charge on any atom is -0.497 e. The maximum absolute atomic E-state index is 12.4. The topological polar surface area (TPSA) is 146 Å². The number of ether oxygens (including phenoxy) is 4. The molecule has 0 amide bonds. The Kier molecular flexibility index (Phi) is 5.80. The molecule has 0 fully saturated rings. The first-order valence-corrected chi connectivity index (χ1v) is 10.8. The van der Waals surface area contributed by atoms with E-state index in [-0.39, 0.29) is 34.6 Å². The van der Waals surface area contributed by atoms with Gasteiger partial charge in [-0.05, 0) is 54.1 Å². The number of hydrogen-bond acceptors (Lipinski definition) is 9. The van der Waals surface area contributed by atoms with Gasteiger partial charge in [0.1, 0.15) is 17.4 Å². The van der Waals surface area contributed by atoms with Crippen molar-refractivity contribution < 1.29 is 28.2 Å². The number of carbonyl (C=O) groups is 1. The first-order chi connectivity index (χ1) is 17.5. The molecule has 0 spiro atoms. The number of hydrogen-bond donors (Lipinski definition) is 2. The minimum absolute atomic E-state index is 0.0462. The SMILES string of the molecule is COc1ccc(-c2[nH]nc3c2[C@H](c2ccc(OC(=O)c4ccco4)c(OC)c2)C(C#N)=C(N)O3)cc1. The van der Waals surface area contributed by atoms with Crippen molar-refractivity contribution in [1.82, 2.24) is 10.2 Å². The molecule has 180 valence electrons. The molecule has 0 bridgehead atoms. The number of methoxy groups -OCH3 is 2. The molecule has 0 unspecified atom stereocenters. The molecule has 10 heteroatoms. The lowest BCUT2D eigenvalue weighted by atomic mass is 9.83. The van der Waals surface area contributed by atoms with Crippen LogP contribution in [0, 0.1) is 11.3 Å². The lowest BCUT2D eigenvalue weighted by molar-refractivity contribution is 0.0696. The molecule has 0 radical (unpaired) electrons. The predicted octanol–water partition coefficient (Wildman–Crippen LogP) is 4.12. The zero-order chi connectivity index (χ0) is 25.2. The Hall–Kier alpha value is -5.17. The van der Waals surface area contributed by atoms with Crippen molar-refractivity contribution in [2.24, 2.45) is 5.73 Å². The molecule has 0 saturated carbocycles. The van der Waals surface area contributed by atoms with Crippen LogP contribution in [0.4, 0.5) is 0 Å². The van der Waals surface area contributed by atoms with Gasteiger partial charge in [-0.3, -0.25) is 5.10 Å². The van der Waals surface area contributed by atoms with Gasteiger partial charge in [-0.1, -0.05) is 6.07 Å². The first-order valence-electron chi connectivity index (χ1n) is 10.8. The van der Waals surface area contributed by atoms with E-state index >= 15 is 0 Å². The third kappa shape index (κ3) is 3.88. The van der Waals surface area contributed by atoms with Crippen LogP contribution in [-0.2, 0) is 0 Å². The Balaban J connectivity index is 1.58. The second-order valence-electron chi connectivity index (χ2n) is 7.75. The fraction of sp³-hybridized carbons (Fsp3) is 0.115. The zero-order valence-corrected chi connectivity index (χ0v) is 19.3. The summed E-state index contributed by atoms with van der Waals surface area (Å²) in [5.74, 6) is 0.145. The van der Waals surface area contributed by atoms with E-state index in [2.05, 4.69) is 16.3 Å². The second kappa shape index (κ2) is 9.23. The number of aromatic amines is 1. The molecular formula is C26H20N4O6. The van der Waals surface area contributed by atoms with Crippen molar-refractivity contribution in [1.29, 1.82) is 5.26 Å². The van der Waals surface area contributed by atoms with Crippen LogP contribution in [-0.4, -0.2) is 30.4 Å². The third-order valence-corrected chi connectivity index (χ3v) is 5.76. The van der Waals surface area contributed by atoms with Crippen LogP contribution in [0.15, 0.2) is 76.7 Å². The predicted molar refractivity (Wildman–Crippen MR) is 127 cm³/mol. The molecule has 2 aromatic carbocycles. The van der Waals surface area contributed by atoms with Crippen LogP contribution in [0.5, 0.6) is 23.1 Å². The largest absolute Gasteiger partial charge is 0.497 e. The quantitative estimate of drug-likeness (QED) is 0.305. The summed E-state index contributed by atoms with van der Waals surface area (Å²) in [7, 11) is 3.04. The van der Waals surface area contributed by atoms with Gasteiger partial charge in [0.25, 0.3) is 0 Å². The number of H-pyrrole nitrogens is 1. The van der Waals surface area contributed by atoms with Crippen molar-refractivity contribution >= 4 is 5.97 Å². The summed E-state index contributed by atoms with van der Waals surface area (Å²) < 4.78 is 27.0. The fourth-order valence-electron chi connectivity index (χ4n) is 4.05. The molecule has 0 aliphatic carbocycles. The number of nitrogens with one attached hydrogen (secondary N) is 1. The first kappa shape index (κ1) is 22.6. The van der Waals surface area contributed by atoms with Gasteiger partial charge in [0.2, 0.25) is 17.5 Å². The maximum atomic E-state index is 12.4. The number of nitrogens with two attached hydrogens (primary N) is 1. The Morgan fingerprint density at radius 1 is 1.11 bits per heavy atom. The lowest BCUT2D eigenvalue weighted by Gasteiger charge is -2.24. The molecule has 1 aliphatic rings. The number of fused-ring (bicyclic) bond motifs is 1. The van der Waals surface area contributed by atoms with Gasteiger partial charge < -0.3 is 29.1 Å². The molecule has 0 saturated heterocycles. The molecule has 2 aromatic heterocycles. The Labute approximate surface area is 205 Å². The molecule has 36 heavy (non-hydrogen) atoms. The highest BCUT2D eigenvalue weighted by Gasteiger charge is 2.36. The third-order valence-electron chi connectivity index (χ3n) is 5.76. The number of allylic oxidation sites excluding steroid dienone is 1. The van der Waals surface area contributed by atoms with Crippen molar-refractivity contribution in [3.05, 3.63) is 89.2 Å². The molecule has 3 heterocycles. The van der Waals surface area contributed by atoms with E-state index in [9.17, 15) is 10.1 Å². The van der Waals surface area contributed by atoms with Crippen LogP contribution in [0.1, 0.15) is 27.6 Å². The summed E-state index contributed by atoms with van der Waals surface area (Å²) in [4.78, 5) is 12.4. The van der Waals surface area contributed by atoms with Crippen LogP contribution in [0.2, 0.25) is 0 Å². The molecule has 4 aromatic rings. The average molecular weight is 484 g/mol. The monoisotopic (exact) mass is 484 g/mol. The van der Waals surface area contributed by atoms with Gasteiger partial charge in [0, 0.05) is 5.56 Å². The Morgan fingerprint density at radius 2 is 1.92 bits per heavy atom. The number of nitrogens with zero attached hydrogens (tertiary/aromatic N) is 2. The highest BCUT2D eigenvalue weighted by atomic mass is 16.6. The number of aromatic nitrogens is 2. The highest BCUT2D eigenvalue weighted by Crippen LogP contribution is 2.47. The van der Waals surface area contributed by atoms with Crippen LogP contribution in [0.25, 0.3) is 11.3 Å².